The molecule has 2 aliphatic rings. The van der Waals surface area contributed by atoms with Crippen LogP contribution < -0.4 is 4.90 Å². The third-order valence-electron chi connectivity index (χ3n) is 4.33. The standard InChI is InChI=1S/C16H17F3N2O2/c17-16(18,19)13-2-3-14(12(10-13)11-20)21-6-4-15(5-7-21)22-8-1-9-23-15/h2-3,10H,1,4-9H2. The van der Waals surface area contributed by atoms with E-state index in [9.17, 15) is 18.4 Å². The molecule has 0 aromatic heterocycles. The molecule has 7 heteroatoms. The third kappa shape index (κ3) is 3.28. The van der Waals surface area contributed by atoms with Gasteiger partial charge in [0.15, 0.2) is 5.79 Å². The van der Waals surface area contributed by atoms with E-state index in [0.29, 0.717) is 44.8 Å². The Morgan fingerprint density at radius 3 is 2.35 bits per heavy atom. The maximum absolute atomic E-state index is 12.8. The summed E-state index contributed by atoms with van der Waals surface area (Å²) in [5, 5.41) is 9.19. The molecule has 0 bridgehead atoms. The van der Waals surface area contributed by atoms with Crippen LogP contribution in [-0.2, 0) is 15.7 Å². The minimum absolute atomic E-state index is 0.0428. The maximum Gasteiger partial charge on any atom is 0.416 e. The molecule has 2 saturated heterocycles. The number of nitriles is 1. The van der Waals surface area contributed by atoms with Crippen LogP contribution >= 0.6 is 0 Å². The van der Waals surface area contributed by atoms with Gasteiger partial charge < -0.3 is 14.4 Å². The van der Waals surface area contributed by atoms with Crippen LogP contribution in [0, 0.1) is 11.3 Å². The van der Waals surface area contributed by atoms with Gasteiger partial charge in [0.1, 0.15) is 6.07 Å². The molecule has 1 aromatic carbocycles. The first-order chi connectivity index (χ1) is 10.9. The van der Waals surface area contributed by atoms with Crippen LogP contribution in [0.1, 0.15) is 30.4 Å². The van der Waals surface area contributed by atoms with Crippen molar-refractivity contribution in [1.82, 2.24) is 0 Å². The lowest BCUT2D eigenvalue weighted by atomic mass is 10.00. The van der Waals surface area contributed by atoms with Gasteiger partial charge in [0.05, 0.1) is 30.0 Å². The summed E-state index contributed by atoms with van der Waals surface area (Å²) in [5.74, 6) is -0.562. The number of alkyl halides is 3. The van der Waals surface area contributed by atoms with Gasteiger partial charge >= 0.3 is 6.18 Å². The molecule has 0 amide bonds. The maximum atomic E-state index is 12.8. The molecule has 2 aliphatic heterocycles. The van der Waals surface area contributed by atoms with Crippen LogP contribution in [0.4, 0.5) is 18.9 Å². The normalized spacial score (nSPS) is 21.2. The molecule has 1 spiro atoms. The van der Waals surface area contributed by atoms with Crippen LogP contribution in [0.15, 0.2) is 18.2 Å². The minimum Gasteiger partial charge on any atom is -0.370 e. The van der Waals surface area contributed by atoms with Gasteiger partial charge in [-0.3, -0.25) is 0 Å². The number of benzene rings is 1. The first-order valence-corrected chi connectivity index (χ1v) is 7.58. The van der Waals surface area contributed by atoms with E-state index in [-0.39, 0.29) is 5.56 Å². The van der Waals surface area contributed by atoms with E-state index < -0.39 is 17.5 Å². The Labute approximate surface area is 132 Å². The number of piperidine rings is 1. The molecular formula is C16H17F3N2O2. The predicted molar refractivity (Wildman–Crippen MR) is 76.9 cm³/mol. The van der Waals surface area contributed by atoms with E-state index in [2.05, 4.69) is 0 Å². The number of rotatable bonds is 1. The summed E-state index contributed by atoms with van der Waals surface area (Å²) in [6.07, 6.45) is -2.29. The van der Waals surface area contributed by atoms with Crippen molar-refractivity contribution in [2.24, 2.45) is 0 Å². The van der Waals surface area contributed by atoms with Gasteiger partial charge in [0.25, 0.3) is 0 Å². The lowest BCUT2D eigenvalue weighted by Crippen LogP contribution is -2.50. The van der Waals surface area contributed by atoms with Crippen molar-refractivity contribution in [3.05, 3.63) is 29.3 Å². The summed E-state index contributed by atoms with van der Waals surface area (Å²) in [6, 6.07) is 5.18. The Morgan fingerprint density at radius 1 is 1.13 bits per heavy atom. The fraction of sp³-hybridized carbons (Fsp3) is 0.562. The fourth-order valence-corrected chi connectivity index (χ4v) is 3.07. The van der Waals surface area contributed by atoms with Gasteiger partial charge in [-0.25, -0.2) is 0 Å². The Bertz CT molecular complexity index is 609. The second kappa shape index (κ2) is 6.02. The van der Waals surface area contributed by atoms with Gasteiger partial charge in [-0.05, 0) is 24.6 Å². The molecule has 0 atom stereocenters. The average molecular weight is 326 g/mol. The quantitative estimate of drug-likeness (QED) is 0.794. The molecule has 2 fully saturated rings. The zero-order valence-electron chi connectivity index (χ0n) is 12.5. The number of hydrogen-bond donors (Lipinski definition) is 0. The zero-order valence-corrected chi connectivity index (χ0v) is 12.5. The van der Waals surface area contributed by atoms with Gasteiger partial charge in [0, 0.05) is 25.9 Å². The number of ether oxygens (including phenoxy) is 2. The summed E-state index contributed by atoms with van der Waals surface area (Å²) < 4.78 is 49.8. The first-order valence-electron chi connectivity index (χ1n) is 7.58. The summed E-state index contributed by atoms with van der Waals surface area (Å²) in [5.41, 5.74) is -0.224. The SMILES string of the molecule is N#Cc1cc(C(F)(F)F)ccc1N1CCC2(CC1)OCCCO2. The number of nitrogens with zero attached hydrogens (tertiary/aromatic N) is 2. The van der Waals surface area contributed by atoms with Crippen LogP contribution in [0.3, 0.4) is 0 Å². The van der Waals surface area contributed by atoms with E-state index in [0.717, 1.165) is 18.6 Å². The smallest absolute Gasteiger partial charge is 0.370 e. The largest absolute Gasteiger partial charge is 0.416 e. The molecule has 0 radical (unpaired) electrons. The zero-order chi connectivity index (χ0) is 16.5. The Balaban J connectivity index is 1.77. The van der Waals surface area contributed by atoms with E-state index >= 15 is 0 Å². The second-order valence-electron chi connectivity index (χ2n) is 5.79. The predicted octanol–water partition coefficient (Wildman–Crippen LogP) is 3.31. The van der Waals surface area contributed by atoms with Crippen molar-refractivity contribution in [3.8, 4) is 6.07 Å². The van der Waals surface area contributed by atoms with Crippen molar-refractivity contribution in [1.29, 1.82) is 5.26 Å². The van der Waals surface area contributed by atoms with Crippen LogP contribution in [0.2, 0.25) is 0 Å². The summed E-state index contributed by atoms with van der Waals surface area (Å²) in [7, 11) is 0. The number of halogens is 3. The van der Waals surface area contributed by atoms with Gasteiger partial charge in [-0.1, -0.05) is 0 Å². The molecule has 0 unspecified atom stereocenters. The van der Waals surface area contributed by atoms with Crippen LogP contribution in [0.5, 0.6) is 0 Å². The summed E-state index contributed by atoms with van der Waals surface area (Å²) in [4.78, 5) is 1.92. The van der Waals surface area contributed by atoms with Crippen LogP contribution in [0.25, 0.3) is 0 Å². The van der Waals surface area contributed by atoms with Crippen molar-refractivity contribution in [2.45, 2.75) is 31.2 Å². The van der Waals surface area contributed by atoms with E-state index in [1.807, 2.05) is 11.0 Å². The second-order valence-corrected chi connectivity index (χ2v) is 5.79. The molecule has 124 valence electrons. The molecule has 1 aromatic rings. The number of anilines is 1. The molecule has 0 N–H and O–H groups in total. The Hall–Kier alpha value is -1.78. The fourth-order valence-electron chi connectivity index (χ4n) is 3.07. The van der Waals surface area contributed by atoms with E-state index in [4.69, 9.17) is 9.47 Å². The van der Waals surface area contributed by atoms with E-state index in [1.54, 1.807) is 0 Å². The van der Waals surface area contributed by atoms with Crippen molar-refractivity contribution in [2.75, 3.05) is 31.2 Å². The molecule has 3 rings (SSSR count). The monoisotopic (exact) mass is 326 g/mol. The lowest BCUT2D eigenvalue weighted by Gasteiger charge is -2.44. The summed E-state index contributed by atoms with van der Waals surface area (Å²) >= 11 is 0. The highest BCUT2D eigenvalue weighted by atomic mass is 19.4. The minimum atomic E-state index is -4.44. The highest BCUT2D eigenvalue weighted by molar-refractivity contribution is 5.61. The lowest BCUT2D eigenvalue weighted by molar-refractivity contribution is -0.275. The molecule has 0 saturated carbocycles. The Kier molecular flexibility index (Phi) is 4.21. The van der Waals surface area contributed by atoms with Gasteiger partial charge in [-0.2, -0.15) is 18.4 Å². The number of hydrogen-bond acceptors (Lipinski definition) is 4. The molecule has 0 aliphatic carbocycles. The highest BCUT2D eigenvalue weighted by Gasteiger charge is 2.39. The highest BCUT2D eigenvalue weighted by Crippen LogP contribution is 2.36. The molecule has 2 heterocycles. The molecule has 4 nitrogen and oxygen atoms in total. The van der Waals surface area contributed by atoms with Crippen molar-refractivity contribution in [3.63, 3.8) is 0 Å². The average Bonchev–Trinajstić information content (AvgIpc) is 2.55. The van der Waals surface area contributed by atoms with Crippen LogP contribution in [-0.4, -0.2) is 32.1 Å². The van der Waals surface area contributed by atoms with Gasteiger partial charge in [-0.15, -0.1) is 0 Å². The molecular weight excluding hydrogens is 309 g/mol. The molecule has 23 heavy (non-hydrogen) atoms. The van der Waals surface area contributed by atoms with Crippen molar-refractivity contribution >= 4 is 5.69 Å². The summed E-state index contributed by atoms with van der Waals surface area (Å²) in [6.45, 7) is 2.51. The Morgan fingerprint density at radius 2 is 1.78 bits per heavy atom. The van der Waals surface area contributed by atoms with E-state index in [1.165, 1.54) is 6.07 Å². The van der Waals surface area contributed by atoms with Crippen molar-refractivity contribution < 1.29 is 22.6 Å². The van der Waals surface area contributed by atoms with Gasteiger partial charge in [0.2, 0.25) is 0 Å². The first kappa shape index (κ1) is 16.1. The third-order valence-corrected chi connectivity index (χ3v) is 4.33. The topological polar surface area (TPSA) is 45.5 Å².